The normalized spacial score (nSPS) is 13.1. The number of ether oxygens (including phenoxy) is 3. The SMILES string of the molecule is CCCCCCCCCCCOC(=O)CC(O)(C(=O)OCCCCCCCCCCC)C(C(C)=O)C(=O)OCCCCCCCCCCC. The van der Waals surface area contributed by atoms with Crippen LogP contribution < -0.4 is 0 Å². The van der Waals surface area contributed by atoms with Crippen molar-refractivity contribution in [1.29, 1.82) is 0 Å². The molecule has 0 aromatic carbocycles. The quantitative estimate of drug-likeness (QED) is 0.0298. The van der Waals surface area contributed by atoms with Crippen LogP contribution in [0.4, 0.5) is 0 Å². The molecular weight excluding hydrogens is 620 g/mol. The molecule has 0 fully saturated rings. The lowest BCUT2D eigenvalue weighted by Crippen LogP contribution is -2.55. The van der Waals surface area contributed by atoms with Gasteiger partial charge >= 0.3 is 17.9 Å². The zero-order valence-electron chi connectivity index (χ0n) is 32.3. The lowest BCUT2D eigenvalue weighted by molar-refractivity contribution is -0.187. The summed E-state index contributed by atoms with van der Waals surface area (Å²) in [5.41, 5.74) is -2.70. The minimum atomic E-state index is -2.70. The Hall–Kier alpha value is -1.96. The Labute approximate surface area is 300 Å². The molecular formula is C41H76O8. The third kappa shape index (κ3) is 25.6. The van der Waals surface area contributed by atoms with Gasteiger partial charge in [0.15, 0.2) is 11.5 Å². The molecule has 0 aliphatic heterocycles. The van der Waals surface area contributed by atoms with E-state index >= 15 is 0 Å². The highest BCUT2D eigenvalue weighted by atomic mass is 16.6. The van der Waals surface area contributed by atoms with Gasteiger partial charge in [-0.05, 0) is 26.2 Å². The number of rotatable bonds is 36. The van der Waals surface area contributed by atoms with Crippen LogP contribution in [0.3, 0.4) is 0 Å². The molecule has 0 heterocycles. The van der Waals surface area contributed by atoms with Crippen molar-refractivity contribution < 1.29 is 38.5 Å². The number of aliphatic hydroxyl groups is 1. The average molecular weight is 697 g/mol. The average Bonchev–Trinajstić information content (AvgIpc) is 3.07. The van der Waals surface area contributed by atoms with E-state index in [9.17, 15) is 24.3 Å². The van der Waals surface area contributed by atoms with Gasteiger partial charge in [0.25, 0.3) is 0 Å². The van der Waals surface area contributed by atoms with Gasteiger partial charge in [0.1, 0.15) is 5.78 Å². The Balaban J connectivity index is 5.03. The van der Waals surface area contributed by atoms with E-state index in [0.717, 1.165) is 64.7 Å². The van der Waals surface area contributed by atoms with E-state index in [1.807, 2.05) is 0 Å². The number of ketones is 1. The zero-order valence-corrected chi connectivity index (χ0v) is 32.3. The van der Waals surface area contributed by atoms with Crippen LogP contribution in [0, 0.1) is 5.92 Å². The molecule has 0 spiro atoms. The second-order valence-electron chi connectivity index (χ2n) is 14.2. The number of carbonyl (C=O) groups excluding carboxylic acids is 4. The van der Waals surface area contributed by atoms with E-state index in [-0.39, 0.29) is 19.8 Å². The molecule has 2 atom stereocenters. The third-order valence-electron chi connectivity index (χ3n) is 9.37. The molecule has 1 N–H and O–H groups in total. The summed E-state index contributed by atoms with van der Waals surface area (Å²) in [5, 5.41) is 11.6. The second-order valence-corrected chi connectivity index (χ2v) is 14.2. The van der Waals surface area contributed by atoms with E-state index in [4.69, 9.17) is 14.2 Å². The molecule has 0 saturated heterocycles. The fourth-order valence-electron chi connectivity index (χ4n) is 6.23. The first-order valence-electron chi connectivity index (χ1n) is 20.5. The largest absolute Gasteiger partial charge is 0.466 e. The lowest BCUT2D eigenvalue weighted by atomic mass is 9.81. The van der Waals surface area contributed by atoms with E-state index in [0.29, 0.717) is 19.3 Å². The van der Waals surface area contributed by atoms with Crippen molar-refractivity contribution in [2.45, 2.75) is 213 Å². The minimum absolute atomic E-state index is 0.0303. The Morgan fingerprint density at radius 3 is 1.12 bits per heavy atom. The molecule has 49 heavy (non-hydrogen) atoms. The predicted octanol–water partition coefficient (Wildman–Crippen LogP) is 10.5. The molecule has 0 aliphatic carbocycles. The maximum Gasteiger partial charge on any atom is 0.340 e. The van der Waals surface area contributed by atoms with Crippen LogP contribution in [0.15, 0.2) is 0 Å². The summed E-state index contributed by atoms with van der Waals surface area (Å²) in [4.78, 5) is 52.2. The minimum Gasteiger partial charge on any atom is -0.466 e. The Bertz CT molecular complexity index is 828. The summed E-state index contributed by atoms with van der Waals surface area (Å²) in [7, 11) is 0. The number of hydrogen-bond donors (Lipinski definition) is 1. The number of carbonyl (C=O) groups is 4. The first-order chi connectivity index (χ1) is 23.7. The smallest absolute Gasteiger partial charge is 0.340 e. The highest BCUT2D eigenvalue weighted by molar-refractivity contribution is 6.05. The molecule has 8 nitrogen and oxygen atoms in total. The first-order valence-corrected chi connectivity index (χ1v) is 20.5. The predicted molar refractivity (Wildman–Crippen MR) is 198 cm³/mol. The van der Waals surface area contributed by atoms with Gasteiger partial charge in [-0.15, -0.1) is 0 Å². The van der Waals surface area contributed by atoms with Gasteiger partial charge in [-0.2, -0.15) is 0 Å². The molecule has 0 bridgehead atoms. The van der Waals surface area contributed by atoms with Crippen molar-refractivity contribution >= 4 is 23.7 Å². The highest BCUT2D eigenvalue weighted by Crippen LogP contribution is 2.28. The molecule has 0 aliphatic rings. The van der Waals surface area contributed by atoms with Gasteiger partial charge in [-0.25, -0.2) is 4.79 Å². The summed E-state index contributed by atoms with van der Waals surface area (Å²) in [6.07, 6.45) is 28.7. The van der Waals surface area contributed by atoms with Crippen LogP contribution in [-0.2, 0) is 33.4 Å². The summed E-state index contributed by atoms with van der Waals surface area (Å²) >= 11 is 0. The van der Waals surface area contributed by atoms with Crippen LogP contribution >= 0.6 is 0 Å². The Morgan fingerprint density at radius 2 is 0.776 bits per heavy atom. The Kier molecular flexibility index (Phi) is 31.9. The summed E-state index contributed by atoms with van der Waals surface area (Å²) in [6, 6.07) is 0. The number of hydrogen-bond acceptors (Lipinski definition) is 8. The lowest BCUT2D eigenvalue weighted by Gasteiger charge is -2.30. The molecule has 8 heteroatoms. The van der Waals surface area contributed by atoms with Crippen LogP contribution in [-0.4, -0.2) is 54.2 Å². The van der Waals surface area contributed by atoms with Crippen molar-refractivity contribution in [1.82, 2.24) is 0 Å². The molecule has 0 radical (unpaired) electrons. The molecule has 288 valence electrons. The van der Waals surface area contributed by atoms with Crippen molar-refractivity contribution in [3.63, 3.8) is 0 Å². The van der Waals surface area contributed by atoms with Gasteiger partial charge in [0.2, 0.25) is 0 Å². The van der Waals surface area contributed by atoms with Gasteiger partial charge in [0, 0.05) is 0 Å². The monoisotopic (exact) mass is 697 g/mol. The van der Waals surface area contributed by atoms with Crippen LogP contribution in [0.5, 0.6) is 0 Å². The van der Waals surface area contributed by atoms with E-state index < -0.39 is 41.6 Å². The van der Waals surface area contributed by atoms with Crippen LogP contribution in [0.25, 0.3) is 0 Å². The summed E-state index contributed by atoms with van der Waals surface area (Å²) in [6.45, 7) is 7.97. The van der Waals surface area contributed by atoms with Crippen LogP contribution in [0.2, 0.25) is 0 Å². The Morgan fingerprint density at radius 1 is 0.469 bits per heavy atom. The van der Waals surface area contributed by atoms with E-state index in [1.54, 1.807) is 0 Å². The zero-order chi connectivity index (χ0) is 36.4. The van der Waals surface area contributed by atoms with Crippen LogP contribution in [0.1, 0.15) is 207 Å². The highest BCUT2D eigenvalue weighted by Gasteiger charge is 2.54. The fourth-order valence-corrected chi connectivity index (χ4v) is 6.23. The first kappa shape index (κ1) is 47.0. The number of Topliss-reactive ketones (excluding diaryl/α,β-unsaturated/α-hetero) is 1. The van der Waals surface area contributed by atoms with Gasteiger partial charge < -0.3 is 19.3 Å². The van der Waals surface area contributed by atoms with Gasteiger partial charge in [-0.1, -0.05) is 175 Å². The molecule has 0 aromatic rings. The second kappa shape index (κ2) is 33.2. The fraction of sp³-hybridized carbons (Fsp3) is 0.902. The molecule has 2 unspecified atom stereocenters. The van der Waals surface area contributed by atoms with Crippen molar-refractivity contribution in [3.05, 3.63) is 0 Å². The van der Waals surface area contributed by atoms with E-state index in [1.165, 1.54) is 96.3 Å². The number of unbranched alkanes of at least 4 members (excludes halogenated alkanes) is 24. The maximum absolute atomic E-state index is 13.3. The van der Waals surface area contributed by atoms with Gasteiger partial charge in [0.05, 0.1) is 26.2 Å². The summed E-state index contributed by atoms with van der Waals surface area (Å²) in [5.74, 6) is -5.65. The van der Waals surface area contributed by atoms with E-state index in [2.05, 4.69) is 20.8 Å². The van der Waals surface area contributed by atoms with Crippen molar-refractivity contribution in [3.8, 4) is 0 Å². The topological polar surface area (TPSA) is 116 Å². The maximum atomic E-state index is 13.3. The standard InChI is InChI=1S/C41H76O8/c1-5-8-11-14-17-20-23-26-29-32-47-37(43)35-41(46,40(45)49-34-31-28-25-22-19-16-13-10-7-3)38(36(4)42)39(44)48-33-30-27-24-21-18-15-12-9-6-2/h38,46H,5-35H2,1-4H3. The molecule has 0 aromatic heterocycles. The van der Waals surface area contributed by atoms with Gasteiger partial charge in [-0.3, -0.25) is 14.4 Å². The van der Waals surface area contributed by atoms with Crippen molar-refractivity contribution in [2.24, 2.45) is 5.92 Å². The van der Waals surface area contributed by atoms with Crippen molar-refractivity contribution in [2.75, 3.05) is 19.8 Å². The molecule has 0 saturated carbocycles. The third-order valence-corrected chi connectivity index (χ3v) is 9.37. The molecule has 0 rings (SSSR count). The molecule has 0 amide bonds. The number of esters is 3. The summed E-state index contributed by atoms with van der Waals surface area (Å²) < 4.78 is 16.2.